The van der Waals surface area contributed by atoms with Crippen molar-refractivity contribution in [3.8, 4) is 0 Å². The first-order valence-electron chi connectivity index (χ1n) is 11.0. The van der Waals surface area contributed by atoms with Crippen molar-refractivity contribution in [2.45, 2.75) is 64.0 Å². The van der Waals surface area contributed by atoms with Gasteiger partial charge in [0.1, 0.15) is 5.82 Å². The fourth-order valence-corrected chi connectivity index (χ4v) is 5.39. The lowest BCUT2D eigenvalue weighted by molar-refractivity contribution is -0.139. The van der Waals surface area contributed by atoms with Gasteiger partial charge in [-0.15, -0.1) is 0 Å². The first kappa shape index (κ1) is 20.9. The monoisotopic (exact) mass is 416 g/mol. The predicted molar refractivity (Wildman–Crippen MR) is 113 cm³/mol. The Morgan fingerprint density at radius 2 is 2.03 bits per heavy atom. The largest absolute Gasteiger partial charge is 0.453 e. The summed E-state index contributed by atoms with van der Waals surface area (Å²) in [7, 11) is 1.33. The van der Waals surface area contributed by atoms with Crippen molar-refractivity contribution in [1.29, 1.82) is 0 Å². The summed E-state index contributed by atoms with van der Waals surface area (Å²) in [5, 5.41) is 12.4. The van der Waals surface area contributed by atoms with Crippen LogP contribution in [0.2, 0.25) is 0 Å². The lowest BCUT2D eigenvalue weighted by atomic mass is 9.78. The van der Waals surface area contributed by atoms with Crippen molar-refractivity contribution in [3.05, 3.63) is 17.8 Å². The average Bonchev–Trinajstić information content (AvgIpc) is 3.04. The molecule has 0 unspecified atom stereocenters. The number of carbonyl (C=O) groups excluding carboxylic acids is 2. The van der Waals surface area contributed by atoms with Crippen LogP contribution in [0.3, 0.4) is 0 Å². The molecule has 1 aromatic rings. The molecular formula is C22H32N4O4. The number of rotatable bonds is 3. The Hall–Kier alpha value is -2.35. The molecule has 1 aromatic heterocycles. The van der Waals surface area contributed by atoms with Gasteiger partial charge in [0.15, 0.2) is 0 Å². The maximum atomic E-state index is 13.5. The number of hydrogen-bond donors (Lipinski definition) is 2. The van der Waals surface area contributed by atoms with Crippen LogP contribution in [-0.4, -0.2) is 65.9 Å². The molecular weight excluding hydrogens is 384 g/mol. The minimum Gasteiger partial charge on any atom is -0.453 e. The number of ether oxygens (including phenoxy) is 1. The zero-order chi connectivity index (χ0) is 21.3. The number of nitrogens with zero attached hydrogens (tertiary/aromatic N) is 3. The Morgan fingerprint density at radius 3 is 2.73 bits per heavy atom. The van der Waals surface area contributed by atoms with Crippen molar-refractivity contribution in [1.82, 2.24) is 9.88 Å². The van der Waals surface area contributed by atoms with E-state index in [-0.39, 0.29) is 23.5 Å². The van der Waals surface area contributed by atoms with Crippen LogP contribution in [0.4, 0.5) is 16.3 Å². The number of likely N-dealkylation sites (tertiary alicyclic amines) is 1. The highest BCUT2D eigenvalue weighted by atomic mass is 16.5. The van der Waals surface area contributed by atoms with Crippen molar-refractivity contribution in [3.63, 3.8) is 0 Å². The number of methoxy groups -OCH3 is 1. The summed E-state index contributed by atoms with van der Waals surface area (Å²) in [6.45, 7) is 4.36. The quantitative estimate of drug-likeness (QED) is 0.787. The lowest BCUT2D eigenvalue weighted by Crippen LogP contribution is -2.50. The zero-order valence-corrected chi connectivity index (χ0v) is 17.9. The van der Waals surface area contributed by atoms with Gasteiger partial charge < -0.3 is 19.6 Å². The fraction of sp³-hybridized carbons (Fsp3) is 0.682. The van der Waals surface area contributed by atoms with Crippen LogP contribution >= 0.6 is 0 Å². The summed E-state index contributed by atoms with van der Waals surface area (Å²) in [6, 6.07) is 2.16. The van der Waals surface area contributed by atoms with E-state index in [0.29, 0.717) is 12.2 Å². The number of aromatic nitrogens is 1. The molecule has 1 atom stereocenters. The van der Waals surface area contributed by atoms with Gasteiger partial charge in [0, 0.05) is 25.7 Å². The summed E-state index contributed by atoms with van der Waals surface area (Å²) in [5.74, 6) is 1.16. The highest BCUT2D eigenvalue weighted by Crippen LogP contribution is 2.43. The minimum atomic E-state index is -0.521. The third-order valence-electron chi connectivity index (χ3n) is 7.01. The lowest BCUT2D eigenvalue weighted by Gasteiger charge is -2.41. The van der Waals surface area contributed by atoms with Crippen molar-refractivity contribution < 1.29 is 19.4 Å². The van der Waals surface area contributed by atoms with Gasteiger partial charge in [-0.05, 0) is 63.5 Å². The molecule has 8 nitrogen and oxygen atoms in total. The molecule has 1 aliphatic carbocycles. The van der Waals surface area contributed by atoms with Gasteiger partial charge in [0.05, 0.1) is 30.5 Å². The summed E-state index contributed by atoms with van der Waals surface area (Å²) in [4.78, 5) is 33.8. The molecule has 1 saturated carbocycles. The first-order valence-corrected chi connectivity index (χ1v) is 11.0. The molecule has 164 valence electrons. The average molecular weight is 417 g/mol. The predicted octanol–water partition coefficient (Wildman–Crippen LogP) is 2.69. The van der Waals surface area contributed by atoms with Gasteiger partial charge >= 0.3 is 6.09 Å². The highest BCUT2D eigenvalue weighted by molar-refractivity contribution is 5.86. The molecule has 8 heteroatoms. The second-order valence-corrected chi connectivity index (χ2v) is 9.00. The molecule has 2 amide bonds. The first-order chi connectivity index (χ1) is 14.4. The van der Waals surface area contributed by atoms with E-state index in [0.717, 1.165) is 69.4 Å². The second kappa shape index (κ2) is 8.41. The van der Waals surface area contributed by atoms with E-state index in [1.54, 1.807) is 6.20 Å². The fourth-order valence-electron chi connectivity index (χ4n) is 5.39. The highest BCUT2D eigenvalue weighted by Gasteiger charge is 2.50. The Morgan fingerprint density at radius 1 is 1.27 bits per heavy atom. The van der Waals surface area contributed by atoms with Crippen molar-refractivity contribution in [2.75, 3.05) is 37.0 Å². The number of aryl methyl sites for hydroxylation is 1. The Bertz CT molecular complexity index is 808. The molecule has 2 saturated heterocycles. The van der Waals surface area contributed by atoms with Gasteiger partial charge in [0.25, 0.3) is 0 Å². The maximum Gasteiger partial charge on any atom is 0.411 e. The Balaban J connectivity index is 1.47. The SMILES string of the molecule is COC(=O)Nc1cnc(N2CCC[C@]3(CCN([C@H]4CC[C@H](O)CC4)C3=O)C2)c(C)c1. The van der Waals surface area contributed by atoms with Crippen LogP contribution in [0.25, 0.3) is 0 Å². The topological polar surface area (TPSA) is 95.0 Å². The number of aliphatic hydroxyl groups is 1. The second-order valence-electron chi connectivity index (χ2n) is 9.00. The van der Waals surface area contributed by atoms with Gasteiger partial charge in [-0.1, -0.05) is 0 Å². The van der Waals surface area contributed by atoms with Gasteiger partial charge in [-0.25, -0.2) is 9.78 Å². The van der Waals surface area contributed by atoms with E-state index in [9.17, 15) is 14.7 Å². The third-order valence-corrected chi connectivity index (χ3v) is 7.01. The molecule has 3 heterocycles. The third kappa shape index (κ3) is 3.97. The van der Waals surface area contributed by atoms with Gasteiger partial charge in [-0.2, -0.15) is 0 Å². The number of anilines is 2. The number of nitrogens with one attached hydrogen (secondary N) is 1. The van der Waals surface area contributed by atoms with E-state index >= 15 is 0 Å². The number of pyridine rings is 1. The number of hydrogen-bond acceptors (Lipinski definition) is 6. The van der Waals surface area contributed by atoms with Crippen LogP contribution < -0.4 is 10.2 Å². The van der Waals surface area contributed by atoms with Gasteiger partial charge in [-0.3, -0.25) is 10.1 Å². The van der Waals surface area contributed by atoms with Crippen LogP contribution in [0, 0.1) is 12.3 Å². The molecule has 1 spiro atoms. The maximum absolute atomic E-state index is 13.5. The molecule has 3 aliphatic rings. The molecule has 2 aliphatic heterocycles. The number of amides is 2. The zero-order valence-electron chi connectivity index (χ0n) is 17.9. The van der Waals surface area contributed by atoms with E-state index in [1.165, 1.54) is 7.11 Å². The molecule has 0 radical (unpaired) electrons. The van der Waals surface area contributed by atoms with Crippen LogP contribution in [0.1, 0.15) is 50.5 Å². The molecule has 3 fully saturated rings. The normalized spacial score (nSPS) is 29.4. The van der Waals surface area contributed by atoms with Crippen molar-refractivity contribution in [2.24, 2.45) is 5.41 Å². The smallest absolute Gasteiger partial charge is 0.411 e. The van der Waals surface area contributed by atoms with E-state index < -0.39 is 6.09 Å². The number of piperidine rings is 1. The molecule has 0 bridgehead atoms. The number of carbonyl (C=O) groups is 2. The van der Waals surface area contributed by atoms with E-state index in [2.05, 4.69) is 24.8 Å². The molecule has 2 N–H and O–H groups in total. The Kier molecular flexibility index (Phi) is 5.86. The van der Waals surface area contributed by atoms with E-state index in [4.69, 9.17) is 0 Å². The minimum absolute atomic E-state index is 0.205. The molecule has 0 aromatic carbocycles. The summed E-state index contributed by atoms with van der Waals surface area (Å²) in [6.07, 6.45) is 7.09. The van der Waals surface area contributed by atoms with Crippen LogP contribution in [-0.2, 0) is 9.53 Å². The Labute approximate surface area is 177 Å². The standard InChI is InChI=1S/C22H32N4O4/c1-15-12-16(24-21(29)30-2)13-23-19(15)25-10-3-8-22(14-25)9-11-26(20(22)28)17-4-6-18(27)7-5-17/h12-13,17-18,27H,3-11,14H2,1-2H3,(H,24,29)/t17-,18-,22-/m0/s1. The van der Waals surface area contributed by atoms with E-state index in [1.807, 2.05) is 13.0 Å². The van der Waals surface area contributed by atoms with Crippen molar-refractivity contribution >= 4 is 23.5 Å². The van der Waals surface area contributed by atoms with Crippen LogP contribution in [0.15, 0.2) is 12.3 Å². The summed E-state index contributed by atoms with van der Waals surface area (Å²) >= 11 is 0. The van der Waals surface area contributed by atoms with Crippen LogP contribution in [0.5, 0.6) is 0 Å². The number of aliphatic hydroxyl groups excluding tert-OH is 1. The molecule has 30 heavy (non-hydrogen) atoms. The molecule has 4 rings (SSSR count). The summed E-state index contributed by atoms with van der Waals surface area (Å²) in [5.41, 5.74) is 1.23. The van der Waals surface area contributed by atoms with Gasteiger partial charge in [0.2, 0.25) is 5.91 Å². The summed E-state index contributed by atoms with van der Waals surface area (Å²) < 4.78 is 4.64.